The molecule has 6 heteroatoms. The number of amides is 1. The Morgan fingerprint density at radius 1 is 1.61 bits per heavy atom. The van der Waals surface area contributed by atoms with Crippen molar-refractivity contribution >= 4 is 11.9 Å². The summed E-state index contributed by atoms with van der Waals surface area (Å²) in [7, 11) is 0. The molecule has 1 aliphatic heterocycles. The van der Waals surface area contributed by atoms with Gasteiger partial charge in [-0.05, 0) is 19.8 Å². The number of carboxylic acid groups (broad SMARTS) is 1. The third-order valence-electron chi connectivity index (χ3n) is 3.31. The van der Waals surface area contributed by atoms with Gasteiger partial charge in [0.1, 0.15) is 6.26 Å². The van der Waals surface area contributed by atoms with Gasteiger partial charge in [-0.1, -0.05) is 5.16 Å². The van der Waals surface area contributed by atoms with Crippen LogP contribution in [-0.4, -0.2) is 40.1 Å². The third kappa shape index (κ3) is 2.69. The SMILES string of the molecule is Cc1nocc1CC(=O)N1CCCC(C(=O)O)C1. The Morgan fingerprint density at radius 2 is 2.39 bits per heavy atom. The fourth-order valence-corrected chi connectivity index (χ4v) is 2.16. The minimum Gasteiger partial charge on any atom is -0.481 e. The molecule has 1 amide bonds. The maximum absolute atomic E-state index is 12.0. The second-order valence-corrected chi connectivity index (χ2v) is 4.62. The molecule has 0 saturated carbocycles. The number of aliphatic carboxylic acids is 1. The second-order valence-electron chi connectivity index (χ2n) is 4.62. The molecule has 0 aromatic carbocycles. The Kier molecular flexibility index (Phi) is 3.64. The highest BCUT2D eigenvalue weighted by atomic mass is 16.5. The first-order chi connectivity index (χ1) is 8.58. The molecule has 98 valence electrons. The van der Waals surface area contributed by atoms with Gasteiger partial charge < -0.3 is 14.5 Å². The lowest BCUT2D eigenvalue weighted by molar-refractivity contribution is -0.145. The topological polar surface area (TPSA) is 83.6 Å². The fraction of sp³-hybridized carbons (Fsp3) is 0.583. The second kappa shape index (κ2) is 5.20. The number of hydrogen-bond donors (Lipinski definition) is 1. The number of rotatable bonds is 3. The van der Waals surface area contributed by atoms with E-state index in [0.717, 1.165) is 12.0 Å². The highest BCUT2D eigenvalue weighted by Crippen LogP contribution is 2.18. The number of aryl methyl sites for hydroxylation is 1. The summed E-state index contributed by atoms with van der Waals surface area (Å²) >= 11 is 0. The van der Waals surface area contributed by atoms with Gasteiger partial charge in [-0.2, -0.15) is 0 Å². The average molecular weight is 252 g/mol. The van der Waals surface area contributed by atoms with Crippen LogP contribution >= 0.6 is 0 Å². The Hall–Kier alpha value is -1.85. The summed E-state index contributed by atoms with van der Waals surface area (Å²) in [6, 6.07) is 0. The molecule has 1 saturated heterocycles. The molecule has 1 atom stereocenters. The van der Waals surface area contributed by atoms with Gasteiger partial charge in [0, 0.05) is 18.7 Å². The quantitative estimate of drug-likeness (QED) is 0.862. The van der Waals surface area contributed by atoms with E-state index < -0.39 is 11.9 Å². The van der Waals surface area contributed by atoms with E-state index in [-0.39, 0.29) is 12.3 Å². The van der Waals surface area contributed by atoms with Crippen LogP contribution in [0.15, 0.2) is 10.8 Å². The lowest BCUT2D eigenvalue weighted by atomic mass is 9.98. The molecule has 0 bridgehead atoms. The number of piperidine rings is 1. The Labute approximate surface area is 105 Å². The largest absolute Gasteiger partial charge is 0.481 e. The third-order valence-corrected chi connectivity index (χ3v) is 3.31. The van der Waals surface area contributed by atoms with E-state index in [0.29, 0.717) is 25.2 Å². The van der Waals surface area contributed by atoms with Gasteiger partial charge in [0.2, 0.25) is 5.91 Å². The molecule has 1 unspecified atom stereocenters. The summed E-state index contributed by atoms with van der Waals surface area (Å²) in [4.78, 5) is 24.6. The molecule has 1 N–H and O–H groups in total. The van der Waals surface area contributed by atoms with Gasteiger partial charge in [-0.15, -0.1) is 0 Å². The van der Waals surface area contributed by atoms with Crippen LogP contribution in [0, 0.1) is 12.8 Å². The van der Waals surface area contributed by atoms with Crippen molar-refractivity contribution < 1.29 is 19.2 Å². The molecule has 1 fully saturated rings. The highest BCUT2D eigenvalue weighted by Gasteiger charge is 2.28. The zero-order valence-corrected chi connectivity index (χ0v) is 10.3. The predicted octanol–water partition coefficient (Wildman–Crippen LogP) is 0.849. The van der Waals surface area contributed by atoms with Crippen LogP contribution in [0.1, 0.15) is 24.1 Å². The van der Waals surface area contributed by atoms with Gasteiger partial charge in [0.25, 0.3) is 0 Å². The standard InChI is InChI=1S/C12H16N2O4/c1-8-10(7-18-13-8)5-11(15)14-4-2-3-9(6-14)12(16)17/h7,9H,2-6H2,1H3,(H,16,17). The van der Waals surface area contributed by atoms with Crippen molar-refractivity contribution in [3.63, 3.8) is 0 Å². The van der Waals surface area contributed by atoms with Crippen LogP contribution in [-0.2, 0) is 16.0 Å². The fourth-order valence-electron chi connectivity index (χ4n) is 2.16. The van der Waals surface area contributed by atoms with Gasteiger partial charge in [0.15, 0.2) is 0 Å². The monoisotopic (exact) mass is 252 g/mol. The average Bonchev–Trinajstić information content (AvgIpc) is 2.75. The van der Waals surface area contributed by atoms with E-state index in [1.807, 2.05) is 0 Å². The van der Waals surface area contributed by atoms with Crippen molar-refractivity contribution in [2.45, 2.75) is 26.2 Å². The maximum atomic E-state index is 12.0. The minimum absolute atomic E-state index is 0.0627. The molecular formula is C12H16N2O4. The van der Waals surface area contributed by atoms with E-state index in [4.69, 9.17) is 9.63 Å². The Morgan fingerprint density at radius 3 is 3.00 bits per heavy atom. The lowest BCUT2D eigenvalue weighted by Crippen LogP contribution is -2.43. The number of nitrogens with zero attached hydrogens (tertiary/aromatic N) is 2. The summed E-state index contributed by atoms with van der Waals surface area (Å²) in [5.74, 6) is -1.33. The van der Waals surface area contributed by atoms with Crippen LogP contribution in [0.3, 0.4) is 0 Å². The van der Waals surface area contributed by atoms with Crippen LogP contribution in [0.5, 0.6) is 0 Å². The lowest BCUT2D eigenvalue weighted by Gasteiger charge is -2.30. The van der Waals surface area contributed by atoms with Crippen LogP contribution in [0.25, 0.3) is 0 Å². The van der Waals surface area contributed by atoms with Crippen molar-refractivity contribution in [3.05, 3.63) is 17.5 Å². The smallest absolute Gasteiger partial charge is 0.308 e. The Balaban J connectivity index is 1.97. The van der Waals surface area contributed by atoms with Crippen LogP contribution in [0.4, 0.5) is 0 Å². The van der Waals surface area contributed by atoms with Gasteiger partial charge in [-0.25, -0.2) is 0 Å². The van der Waals surface area contributed by atoms with Crippen LogP contribution < -0.4 is 0 Å². The highest BCUT2D eigenvalue weighted by molar-refractivity contribution is 5.80. The summed E-state index contributed by atoms with van der Waals surface area (Å²) in [6.45, 7) is 2.72. The van der Waals surface area contributed by atoms with Gasteiger partial charge in [-0.3, -0.25) is 9.59 Å². The first-order valence-electron chi connectivity index (χ1n) is 5.98. The molecule has 0 spiro atoms. The number of hydrogen-bond acceptors (Lipinski definition) is 4. The van der Waals surface area contributed by atoms with Crippen molar-refractivity contribution in [1.82, 2.24) is 10.1 Å². The van der Waals surface area contributed by atoms with Gasteiger partial charge >= 0.3 is 5.97 Å². The van der Waals surface area contributed by atoms with E-state index in [1.165, 1.54) is 6.26 Å². The van der Waals surface area contributed by atoms with E-state index in [1.54, 1.807) is 11.8 Å². The minimum atomic E-state index is -0.825. The first-order valence-corrected chi connectivity index (χ1v) is 5.98. The first kappa shape index (κ1) is 12.6. The number of carboxylic acids is 1. The zero-order chi connectivity index (χ0) is 13.1. The molecule has 0 radical (unpaired) electrons. The number of likely N-dealkylation sites (tertiary alicyclic amines) is 1. The molecule has 6 nitrogen and oxygen atoms in total. The van der Waals surface area contributed by atoms with Crippen molar-refractivity contribution in [3.8, 4) is 0 Å². The molecule has 1 aromatic rings. The predicted molar refractivity (Wildman–Crippen MR) is 61.9 cm³/mol. The van der Waals surface area contributed by atoms with Crippen LogP contribution in [0.2, 0.25) is 0 Å². The summed E-state index contributed by atoms with van der Waals surface area (Å²) in [5.41, 5.74) is 1.47. The summed E-state index contributed by atoms with van der Waals surface area (Å²) < 4.78 is 4.78. The molecule has 1 aromatic heterocycles. The van der Waals surface area contributed by atoms with Gasteiger partial charge in [0.05, 0.1) is 18.0 Å². The number of carbonyl (C=O) groups is 2. The van der Waals surface area contributed by atoms with Crippen molar-refractivity contribution in [2.24, 2.45) is 5.92 Å². The molecular weight excluding hydrogens is 236 g/mol. The normalized spacial score (nSPS) is 19.8. The molecule has 0 aliphatic carbocycles. The van der Waals surface area contributed by atoms with Crippen molar-refractivity contribution in [1.29, 1.82) is 0 Å². The molecule has 1 aliphatic rings. The number of aromatic nitrogens is 1. The Bertz CT molecular complexity index is 455. The van der Waals surface area contributed by atoms with E-state index in [9.17, 15) is 9.59 Å². The molecule has 18 heavy (non-hydrogen) atoms. The summed E-state index contributed by atoms with van der Waals surface area (Å²) in [5, 5.41) is 12.7. The molecule has 2 heterocycles. The number of carbonyl (C=O) groups excluding carboxylic acids is 1. The van der Waals surface area contributed by atoms with Crippen molar-refractivity contribution in [2.75, 3.05) is 13.1 Å². The molecule has 2 rings (SSSR count). The van der Waals surface area contributed by atoms with E-state index >= 15 is 0 Å². The van der Waals surface area contributed by atoms with E-state index in [2.05, 4.69) is 5.16 Å². The maximum Gasteiger partial charge on any atom is 0.308 e. The summed E-state index contributed by atoms with van der Waals surface area (Å²) in [6.07, 6.45) is 3.07. The zero-order valence-electron chi connectivity index (χ0n) is 10.3.